The van der Waals surface area contributed by atoms with Crippen molar-refractivity contribution in [2.45, 2.75) is 44.6 Å². The maximum absolute atomic E-state index is 12.3. The molecule has 0 spiro atoms. The number of carbonyl (C=O) groups is 2. The molecule has 0 aromatic rings. The number of hydrogen-bond acceptors (Lipinski definition) is 7. The Kier molecular flexibility index (Phi) is 2.57. The molecule has 3 aliphatic rings. The van der Waals surface area contributed by atoms with Gasteiger partial charge in [-0.25, -0.2) is 4.79 Å². The number of Topliss-reactive ketones (excluding diaryl/α,β-unsaturated/α-hetero) is 1. The van der Waals surface area contributed by atoms with Crippen LogP contribution in [0.15, 0.2) is 0 Å². The second-order valence-electron chi connectivity index (χ2n) is 5.38. The molecule has 0 radical (unpaired) electrons. The van der Waals surface area contributed by atoms with Gasteiger partial charge < -0.3 is 14.2 Å². The zero-order chi connectivity index (χ0) is 14.0. The molecule has 4 bridgehead atoms. The van der Waals surface area contributed by atoms with Gasteiger partial charge in [-0.1, -0.05) is 13.8 Å². The summed E-state index contributed by atoms with van der Waals surface area (Å²) in [5.41, 5.74) is -1.28. The SMILES string of the molecule is COC(=O)[C@]12OO[C@H](O1)[C@@H]1O[C@@]2(C)[C@H](C)C(=O)[C@@H]1C. The highest BCUT2D eigenvalue weighted by molar-refractivity contribution is 5.89. The Morgan fingerprint density at radius 3 is 2.63 bits per heavy atom. The minimum atomic E-state index is -1.85. The molecular formula is C12H16O7. The molecule has 3 heterocycles. The van der Waals surface area contributed by atoms with Gasteiger partial charge >= 0.3 is 11.8 Å². The first-order valence-electron chi connectivity index (χ1n) is 6.19. The van der Waals surface area contributed by atoms with Crippen LogP contribution >= 0.6 is 0 Å². The maximum Gasteiger partial charge on any atom is 0.372 e. The van der Waals surface area contributed by atoms with Gasteiger partial charge in [0.15, 0.2) is 0 Å². The summed E-state index contributed by atoms with van der Waals surface area (Å²) in [5, 5.41) is 0. The van der Waals surface area contributed by atoms with Gasteiger partial charge in [-0.2, -0.15) is 9.78 Å². The van der Waals surface area contributed by atoms with Crippen molar-refractivity contribution in [1.82, 2.24) is 0 Å². The van der Waals surface area contributed by atoms with Crippen LogP contribution in [0.3, 0.4) is 0 Å². The number of carbonyl (C=O) groups excluding carboxylic acids is 2. The first kappa shape index (κ1) is 13.0. The maximum atomic E-state index is 12.3. The quantitative estimate of drug-likeness (QED) is 0.497. The number of esters is 1. The Hall–Kier alpha value is -1.02. The van der Waals surface area contributed by atoms with Crippen molar-refractivity contribution in [2.75, 3.05) is 7.11 Å². The molecule has 3 aliphatic heterocycles. The Balaban J connectivity index is 2.11. The zero-order valence-electron chi connectivity index (χ0n) is 11.2. The van der Waals surface area contributed by atoms with E-state index in [1.807, 2.05) is 0 Å². The largest absolute Gasteiger partial charge is 0.465 e. The summed E-state index contributed by atoms with van der Waals surface area (Å²) in [7, 11) is 1.21. The normalized spacial score (nSPS) is 52.1. The highest BCUT2D eigenvalue weighted by Crippen LogP contribution is 2.53. The summed E-state index contributed by atoms with van der Waals surface area (Å²) in [6.45, 7) is 5.04. The molecule has 0 aliphatic carbocycles. The summed E-state index contributed by atoms with van der Waals surface area (Å²) in [6, 6.07) is 0. The number of ketones is 1. The van der Waals surface area contributed by atoms with Gasteiger partial charge in [0.1, 0.15) is 17.5 Å². The van der Waals surface area contributed by atoms with Crippen molar-refractivity contribution in [3.63, 3.8) is 0 Å². The summed E-state index contributed by atoms with van der Waals surface area (Å²) in [6.07, 6.45) is -1.49. The van der Waals surface area contributed by atoms with Crippen molar-refractivity contribution in [2.24, 2.45) is 11.8 Å². The average molecular weight is 272 g/mol. The van der Waals surface area contributed by atoms with Crippen LogP contribution in [-0.2, 0) is 33.6 Å². The van der Waals surface area contributed by atoms with Crippen LogP contribution < -0.4 is 0 Å². The van der Waals surface area contributed by atoms with Crippen molar-refractivity contribution in [3.8, 4) is 0 Å². The van der Waals surface area contributed by atoms with Gasteiger partial charge in [0.2, 0.25) is 6.29 Å². The van der Waals surface area contributed by atoms with Crippen molar-refractivity contribution >= 4 is 11.8 Å². The standard InChI is InChI=1S/C12H16O7/c1-5-7(13)6(2)11(3)12(10(14)15-4)17-9(18-19-12)8(5)16-11/h5-6,8-9H,1-4H3/t5-,6+,8+,9-,11-,12+/m0/s1. The van der Waals surface area contributed by atoms with Gasteiger partial charge in [-0.3, -0.25) is 4.79 Å². The average Bonchev–Trinajstić information content (AvgIpc) is 2.82. The fourth-order valence-electron chi connectivity index (χ4n) is 3.03. The molecule has 3 fully saturated rings. The number of rotatable bonds is 1. The third-order valence-corrected chi connectivity index (χ3v) is 4.49. The molecule has 7 nitrogen and oxygen atoms in total. The third kappa shape index (κ3) is 1.31. The van der Waals surface area contributed by atoms with Gasteiger partial charge in [0, 0.05) is 5.92 Å². The van der Waals surface area contributed by atoms with E-state index in [4.69, 9.17) is 24.0 Å². The van der Waals surface area contributed by atoms with E-state index in [9.17, 15) is 9.59 Å². The molecule has 6 atom stereocenters. The molecule has 0 aromatic carbocycles. The topological polar surface area (TPSA) is 80.3 Å². The van der Waals surface area contributed by atoms with Crippen molar-refractivity contribution in [1.29, 1.82) is 0 Å². The number of methoxy groups -OCH3 is 1. The molecule has 0 aromatic heterocycles. The van der Waals surface area contributed by atoms with Crippen LogP contribution in [0.4, 0.5) is 0 Å². The number of fused-ring (bicyclic) bond motifs is 6. The first-order valence-corrected chi connectivity index (χ1v) is 6.19. The lowest BCUT2D eigenvalue weighted by molar-refractivity contribution is -0.364. The summed E-state index contributed by atoms with van der Waals surface area (Å²) in [5.74, 6) is -3.59. The molecule has 0 N–H and O–H groups in total. The minimum absolute atomic E-state index is 0.00516. The second kappa shape index (κ2) is 3.76. The van der Waals surface area contributed by atoms with Crippen molar-refractivity contribution < 1.29 is 33.6 Å². The Morgan fingerprint density at radius 1 is 1.32 bits per heavy atom. The lowest BCUT2D eigenvalue weighted by atomic mass is 9.71. The van der Waals surface area contributed by atoms with E-state index in [2.05, 4.69) is 0 Å². The molecule has 3 rings (SSSR count). The number of ether oxygens (including phenoxy) is 3. The fraction of sp³-hybridized carbons (Fsp3) is 0.833. The lowest BCUT2D eigenvalue weighted by Gasteiger charge is -2.52. The molecule has 0 unspecified atom stereocenters. The van der Waals surface area contributed by atoms with Crippen LogP contribution in [0, 0.1) is 11.8 Å². The second-order valence-corrected chi connectivity index (χ2v) is 5.38. The van der Waals surface area contributed by atoms with E-state index in [0.717, 1.165) is 0 Å². The smallest absolute Gasteiger partial charge is 0.372 e. The molecule has 106 valence electrons. The van der Waals surface area contributed by atoms with Gasteiger partial charge in [0.25, 0.3) is 0 Å². The Labute approximate surface area is 110 Å². The molecule has 7 heteroatoms. The van der Waals surface area contributed by atoms with Gasteiger partial charge in [-0.05, 0) is 6.92 Å². The highest BCUT2D eigenvalue weighted by atomic mass is 17.3. The summed E-state index contributed by atoms with van der Waals surface area (Å²) >= 11 is 0. The van der Waals surface area contributed by atoms with E-state index in [1.165, 1.54) is 7.11 Å². The minimum Gasteiger partial charge on any atom is -0.465 e. The fourth-order valence-corrected chi connectivity index (χ4v) is 3.03. The van der Waals surface area contributed by atoms with Gasteiger partial charge in [0.05, 0.1) is 13.0 Å². The van der Waals surface area contributed by atoms with E-state index >= 15 is 0 Å². The Morgan fingerprint density at radius 2 is 2.00 bits per heavy atom. The predicted molar refractivity (Wildman–Crippen MR) is 58.4 cm³/mol. The predicted octanol–water partition coefficient (Wildman–Crippen LogP) is 0.173. The molecule has 19 heavy (non-hydrogen) atoms. The Bertz CT molecular complexity index is 449. The zero-order valence-corrected chi connectivity index (χ0v) is 11.2. The van der Waals surface area contributed by atoms with E-state index in [-0.39, 0.29) is 11.7 Å². The monoisotopic (exact) mass is 272 g/mol. The summed E-state index contributed by atoms with van der Waals surface area (Å²) in [4.78, 5) is 34.5. The lowest BCUT2D eigenvalue weighted by Crippen LogP contribution is -2.73. The molecule has 3 saturated heterocycles. The first-order chi connectivity index (χ1) is 8.87. The van der Waals surface area contributed by atoms with Crippen molar-refractivity contribution in [3.05, 3.63) is 0 Å². The van der Waals surface area contributed by atoms with E-state index < -0.39 is 35.7 Å². The number of hydrogen-bond donors (Lipinski definition) is 0. The van der Waals surface area contributed by atoms with Crippen LogP contribution in [0.25, 0.3) is 0 Å². The summed E-state index contributed by atoms with van der Waals surface area (Å²) < 4.78 is 16.2. The molecule has 0 amide bonds. The third-order valence-electron chi connectivity index (χ3n) is 4.49. The van der Waals surface area contributed by atoms with E-state index in [0.29, 0.717) is 0 Å². The van der Waals surface area contributed by atoms with Crippen LogP contribution in [0.5, 0.6) is 0 Å². The van der Waals surface area contributed by atoms with Crippen LogP contribution in [0.2, 0.25) is 0 Å². The molecule has 0 saturated carbocycles. The van der Waals surface area contributed by atoms with Crippen LogP contribution in [-0.4, -0.2) is 42.6 Å². The molecular weight excluding hydrogens is 256 g/mol. The van der Waals surface area contributed by atoms with E-state index in [1.54, 1.807) is 20.8 Å². The highest BCUT2D eigenvalue weighted by Gasteiger charge is 2.75. The van der Waals surface area contributed by atoms with Crippen LogP contribution in [0.1, 0.15) is 20.8 Å². The van der Waals surface area contributed by atoms with Gasteiger partial charge in [-0.15, -0.1) is 0 Å².